The van der Waals surface area contributed by atoms with Crippen LogP contribution in [0, 0.1) is 0 Å². The van der Waals surface area contributed by atoms with Crippen molar-refractivity contribution in [1.29, 1.82) is 0 Å². The van der Waals surface area contributed by atoms with Crippen molar-refractivity contribution in [1.82, 2.24) is 15.0 Å². The zero-order valence-electron chi connectivity index (χ0n) is 33.1. The summed E-state index contributed by atoms with van der Waals surface area (Å²) in [6.07, 6.45) is 0. The van der Waals surface area contributed by atoms with E-state index in [0.717, 1.165) is 55.3 Å². The molecule has 2 heterocycles. The highest BCUT2D eigenvalue weighted by Crippen LogP contribution is 2.52. The molecule has 0 unspecified atom stereocenters. The lowest BCUT2D eigenvalue weighted by molar-refractivity contribution is 0.660. The van der Waals surface area contributed by atoms with Gasteiger partial charge in [0.25, 0.3) is 0 Å². The van der Waals surface area contributed by atoms with Crippen LogP contribution in [0.5, 0.6) is 0 Å². The Morgan fingerprint density at radius 2 is 0.983 bits per heavy atom. The minimum Gasteiger partial charge on any atom is -0.456 e. The van der Waals surface area contributed by atoms with E-state index in [1.54, 1.807) is 0 Å². The van der Waals surface area contributed by atoms with E-state index in [-0.39, 0.29) is 5.41 Å². The maximum absolute atomic E-state index is 6.55. The van der Waals surface area contributed by atoms with Crippen molar-refractivity contribution in [3.63, 3.8) is 0 Å². The molecular formula is C56H37N3O. The molecule has 4 heteroatoms. The standard InChI is InChI=1S/C56H37N3O/c1-56(2)47-26-11-10-23-43(47)51-44(25-13-27-48(51)56)55-58-53(34-15-4-3-5-16-34)57-54(59-55)38-19-12-18-35(31-38)40-24-14-28-50-52(40)46-33-37(29-30-49(46)60-50)45-32-36-17-6-7-20-39(36)41-21-8-9-22-42(41)45/h3-33H,1-2H3. The highest BCUT2D eigenvalue weighted by atomic mass is 16.3. The number of aromatic nitrogens is 3. The van der Waals surface area contributed by atoms with E-state index in [1.165, 1.54) is 49.4 Å². The van der Waals surface area contributed by atoms with Crippen molar-refractivity contribution in [3.8, 4) is 67.5 Å². The highest BCUT2D eigenvalue weighted by Gasteiger charge is 2.37. The van der Waals surface area contributed by atoms with Crippen LogP contribution in [0.4, 0.5) is 0 Å². The number of hydrogen-bond acceptors (Lipinski definition) is 4. The maximum atomic E-state index is 6.55. The molecule has 11 aromatic rings. The van der Waals surface area contributed by atoms with Crippen molar-refractivity contribution >= 4 is 43.5 Å². The predicted molar refractivity (Wildman–Crippen MR) is 247 cm³/mol. The number of fused-ring (bicyclic) bond motifs is 9. The Kier molecular flexibility index (Phi) is 7.54. The number of nitrogens with zero attached hydrogens (tertiary/aromatic N) is 3. The van der Waals surface area contributed by atoms with Gasteiger partial charge in [-0.1, -0.05) is 172 Å². The fourth-order valence-electron chi connectivity index (χ4n) is 9.64. The van der Waals surface area contributed by atoms with Crippen LogP contribution < -0.4 is 0 Å². The maximum Gasteiger partial charge on any atom is 0.164 e. The summed E-state index contributed by atoms with van der Waals surface area (Å²) in [6, 6.07) is 66.6. The summed E-state index contributed by atoms with van der Waals surface area (Å²) in [5.74, 6) is 1.92. The Balaban J connectivity index is 1.03. The topological polar surface area (TPSA) is 51.8 Å². The molecule has 9 aromatic carbocycles. The van der Waals surface area contributed by atoms with Gasteiger partial charge in [-0.2, -0.15) is 0 Å². The van der Waals surface area contributed by atoms with Crippen molar-refractivity contribution in [2.75, 3.05) is 0 Å². The Morgan fingerprint density at radius 3 is 1.87 bits per heavy atom. The van der Waals surface area contributed by atoms with Crippen LogP contribution in [0.3, 0.4) is 0 Å². The van der Waals surface area contributed by atoms with Gasteiger partial charge < -0.3 is 4.42 Å². The van der Waals surface area contributed by atoms with Crippen LogP contribution in [0.25, 0.3) is 111 Å². The van der Waals surface area contributed by atoms with E-state index in [2.05, 4.69) is 184 Å². The van der Waals surface area contributed by atoms with Gasteiger partial charge in [-0.25, -0.2) is 15.0 Å². The number of benzene rings is 9. The van der Waals surface area contributed by atoms with Crippen molar-refractivity contribution < 1.29 is 4.42 Å². The second-order valence-corrected chi connectivity index (χ2v) is 16.3. The van der Waals surface area contributed by atoms with Crippen molar-refractivity contribution in [2.24, 2.45) is 0 Å². The molecule has 2 aromatic heterocycles. The van der Waals surface area contributed by atoms with Crippen LogP contribution in [0.2, 0.25) is 0 Å². The van der Waals surface area contributed by atoms with Gasteiger partial charge in [-0.15, -0.1) is 0 Å². The molecule has 0 amide bonds. The summed E-state index contributed by atoms with van der Waals surface area (Å²) in [7, 11) is 0. The minimum atomic E-state index is -0.142. The summed E-state index contributed by atoms with van der Waals surface area (Å²) >= 11 is 0. The molecule has 0 N–H and O–H groups in total. The van der Waals surface area contributed by atoms with E-state index in [4.69, 9.17) is 19.4 Å². The molecule has 60 heavy (non-hydrogen) atoms. The molecule has 0 saturated heterocycles. The molecule has 0 atom stereocenters. The molecule has 12 rings (SSSR count). The van der Waals surface area contributed by atoms with Crippen LogP contribution in [-0.4, -0.2) is 15.0 Å². The normalized spacial score (nSPS) is 13.0. The highest BCUT2D eigenvalue weighted by molar-refractivity contribution is 6.17. The molecule has 282 valence electrons. The molecule has 0 saturated carbocycles. The first-order chi connectivity index (χ1) is 29.5. The molecule has 0 radical (unpaired) electrons. The van der Waals surface area contributed by atoms with Gasteiger partial charge in [0, 0.05) is 32.9 Å². The first-order valence-corrected chi connectivity index (χ1v) is 20.5. The summed E-state index contributed by atoms with van der Waals surface area (Å²) in [5, 5.41) is 7.13. The summed E-state index contributed by atoms with van der Waals surface area (Å²) in [6.45, 7) is 4.61. The van der Waals surface area contributed by atoms with E-state index in [1.807, 2.05) is 18.2 Å². The van der Waals surface area contributed by atoms with E-state index < -0.39 is 0 Å². The third kappa shape index (κ3) is 5.27. The summed E-state index contributed by atoms with van der Waals surface area (Å²) < 4.78 is 6.55. The molecule has 0 bridgehead atoms. The lowest BCUT2D eigenvalue weighted by Crippen LogP contribution is -2.14. The van der Waals surface area contributed by atoms with Crippen molar-refractivity contribution in [2.45, 2.75) is 19.3 Å². The number of hydrogen-bond donors (Lipinski definition) is 0. The zero-order valence-corrected chi connectivity index (χ0v) is 33.1. The molecule has 1 aliphatic rings. The first kappa shape index (κ1) is 34.4. The Morgan fingerprint density at radius 1 is 0.367 bits per heavy atom. The average molecular weight is 768 g/mol. The minimum absolute atomic E-state index is 0.142. The quantitative estimate of drug-likeness (QED) is 0.164. The van der Waals surface area contributed by atoms with Gasteiger partial charge in [-0.3, -0.25) is 0 Å². The zero-order chi connectivity index (χ0) is 40.0. The van der Waals surface area contributed by atoms with Gasteiger partial charge in [0.1, 0.15) is 11.2 Å². The van der Waals surface area contributed by atoms with Gasteiger partial charge in [0.15, 0.2) is 17.5 Å². The fraction of sp³-hybridized carbons (Fsp3) is 0.0536. The van der Waals surface area contributed by atoms with Crippen LogP contribution in [0.1, 0.15) is 25.0 Å². The van der Waals surface area contributed by atoms with Gasteiger partial charge >= 0.3 is 0 Å². The van der Waals surface area contributed by atoms with Gasteiger partial charge in [0.2, 0.25) is 0 Å². The van der Waals surface area contributed by atoms with Gasteiger partial charge in [0.05, 0.1) is 0 Å². The molecular weight excluding hydrogens is 731 g/mol. The van der Waals surface area contributed by atoms with Crippen LogP contribution >= 0.6 is 0 Å². The Bertz CT molecular complexity index is 3530. The molecule has 4 nitrogen and oxygen atoms in total. The van der Waals surface area contributed by atoms with E-state index in [9.17, 15) is 0 Å². The Labute approximate surface area is 347 Å². The number of rotatable bonds is 5. The molecule has 0 spiro atoms. The summed E-state index contributed by atoms with van der Waals surface area (Å²) in [4.78, 5) is 15.6. The summed E-state index contributed by atoms with van der Waals surface area (Å²) in [5.41, 5.74) is 14.0. The second-order valence-electron chi connectivity index (χ2n) is 16.3. The van der Waals surface area contributed by atoms with Crippen LogP contribution in [-0.2, 0) is 5.41 Å². The third-order valence-corrected chi connectivity index (χ3v) is 12.5. The van der Waals surface area contributed by atoms with Crippen molar-refractivity contribution in [3.05, 3.63) is 199 Å². The predicted octanol–water partition coefficient (Wildman–Crippen LogP) is 14.7. The number of furan rings is 1. The first-order valence-electron chi connectivity index (χ1n) is 20.5. The lowest BCUT2D eigenvalue weighted by Gasteiger charge is -2.21. The third-order valence-electron chi connectivity index (χ3n) is 12.5. The lowest BCUT2D eigenvalue weighted by atomic mass is 9.82. The largest absolute Gasteiger partial charge is 0.456 e. The van der Waals surface area contributed by atoms with Crippen LogP contribution in [0.15, 0.2) is 192 Å². The van der Waals surface area contributed by atoms with E-state index >= 15 is 0 Å². The average Bonchev–Trinajstić information content (AvgIpc) is 3.80. The fourth-order valence-corrected chi connectivity index (χ4v) is 9.64. The molecule has 1 aliphatic carbocycles. The smallest absolute Gasteiger partial charge is 0.164 e. The molecule has 0 fully saturated rings. The monoisotopic (exact) mass is 767 g/mol. The van der Waals surface area contributed by atoms with Gasteiger partial charge in [-0.05, 0) is 96.4 Å². The SMILES string of the molecule is CC1(C)c2ccccc2-c2c(-c3nc(-c4ccccc4)nc(-c4cccc(-c5cccc6oc7ccc(-c8cc9ccccc9c9ccccc89)cc7c56)c4)n3)cccc21. The second kappa shape index (κ2) is 13.2. The Hall–Kier alpha value is -7.69. The molecule has 0 aliphatic heterocycles. The van der Waals surface area contributed by atoms with E-state index in [0.29, 0.717) is 17.5 Å².